The van der Waals surface area contributed by atoms with Gasteiger partial charge in [0.2, 0.25) is 0 Å². The lowest BCUT2D eigenvalue weighted by Gasteiger charge is -2.23. The van der Waals surface area contributed by atoms with E-state index in [1.165, 1.54) is 0 Å². The van der Waals surface area contributed by atoms with Crippen LogP contribution in [-0.4, -0.2) is 75.1 Å². The molecule has 0 bridgehead atoms. The number of anilines is 2. The van der Waals surface area contributed by atoms with E-state index in [9.17, 15) is 20.6 Å². The number of rotatable bonds is 14. The lowest BCUT2D eigenvalue weighted by atomic mass is 10.0. The van der Waals surface area contributed by atoms with Crippen molar-refractivity contribution in [3.63, 3.8) is 0 Å². The van der Waals surface area contributed by atoms with Gasteiger partial charge in [0.1, 0.15) is 6.10 Å². The Bertz CT molecular complexity index is 1150. The van der Waals surface area contributed by atoms with Gasteiger partial charge in [0.15, 0.2) is 0 Å². The molecule has 3 rings (SSSR count). The van der Waals surface area contributed by atoms with Crippen molar-refractivity contribution in [1.29, 1.82) is 5.26 Å². The van der Waals surface area contributed by atoms with Crippen molar-refractivity contribution in [3.8, 4) is 6.07 Å². The number of unbranched alkanes of at least 4 members (excludes halogenated alkanes) is 3. The first kappa shape index (κ1) is 26.6. The molecule has 0 aliphatic rings. The summed E-state index contributed by atoms with van der Waals surface area (Å²) < 4.78 is 0. The van der Waals surface area contributed by atoms with Gasteiger partial charge in [-0.2, -0.15) is 5.26 Å². The van der Waals surface area contributed by atoms with Crippen LogP contribution in [0.3, 0.4) is 0 Å². The van der Waals surface area contributed by atoms with Crippen molar-refractivity contribution in [2.45, 2.75) is 50.4 Å². The van der Waals surface area contributed by atoms with Gasteiger partial charge in [-0.3, -0.25) is 0 Å². The summed E-state index contributed by atoms with van der Waals surface area (Å²) in [7, 11) is 0. The van der Waals surface area contributed by atoms with E-state index in [2.05, 4.69) is 16.7 Å². The van der Waals surface area contributed by atoms with Crippen LogP contribution in [0.25, 0.3) is 21.8 Å². The van der Waals surface area contributed by atoms with Gasteiger partial charge in [-0.25, -0.2) is 4.98 Å². The van der Waals surface area contributed by atoms with E-state index in [0.717, 1.165) is 59.7 Å². The fourth-order valence-corrected chi connectivity index (χ4v) is 4.02. The van der Waals surface area contributed by atoms with Crippen LogP contribution in [-0.2, 0) is 0 Å². The van der Waals surface area contributed by atoms with Gasteiger partial charge in [0, 0.05) is 42.8 Å². The Kier molecular flexibility index (Phi) is 10.0. The number of benzene rings is 2. The van der Waals surface area contributed by atoms with Crippen molar-refractivity contribution in [2.75, 3.05) is 36.9 Å². The Morgan fingerprint density at radius 2 is 1.54 bits per heavy atom. The van der Waals surface area contributed by atoms with E-state index >= 15 is 0 Å². The predicted octanol–water partition coefficient (Wildman–Crippen LogP) is 2.10. The first-order chi connectivity index (χ1) is 17.0. The van der Waals surface area contributed by atoms with Crippen molar-refractivity contribution in [2.24, 2.45) is 0 Å². The summed E-state index contributed by atoms with van der Waals surface area (Å²) in [4.78, 5) is 4.74. The second-order valence-electron chi connectivity index (χ2n) is 8.65. The van der Waals surface area contributed by atoms with Crippen molar-refractivity contribution in [3.05, 3.63) is 42.0 Å². The number of nitrogens with zero attached hydrogens (tertiary/aromatic N) is 2. The third-order valence-corrected chi connectivity index (χ3v) is 6.02. The normalized spacial score (nSPS) is 13.9. The number of nitriles is 1. The molecule has 0 radical (unpaired) electrons. The van der Waals surface area contributed by atoms with Gasteiger partial charge in [-0.05, 0) is 55.7 Å². The van der Waals surface area contributed by atoms with Crippen LogP contribution < -0.4 is 10.6 Å². The van der Waals surface area contributed by atoms with E-state index in [1.54, 1.807) is 6.07 Å². The van der Waals surface area contributed by atoms with Crippen LogP contribution >= 0.6 is 0 Å². The molecular weight excluding hydrogens is 448 g/mol. The lowest BCUT2D eigenvalue weighted by molar-refractivity contribution is -0.0604. The largest absolute Gasteiger partial charge is 0.396 e. The van der Waals surface area contributed by atoms with Crippen LogP contribution in [0.4, 0.5) is 11.4 Å². The number of aliphatic hydroxyl groups excluding tert-OH is 5. The standard InChI is InChI=1S/C26H34N4O5/c27-15-17-5-7-21-19(13-17)25(28-10-3-1-2-4-11-31)20-14-18(6-8-22(20)30-21)29-16-24(34)26(35)23(33)9-12-32/h5-8,13-14,23-24,26,29,31-35H,1-4,9-12,16H2,(H,28,30). The summed E-state index contributed by atoms with van der Waals surface area (Å²) in [5, 5.41) is 65.6. The van der Waals surface area contributed by atoms with Gasteiger partial charge < -0.3 is 36.2 Å². The summed E-state index contributed by atoms with van der Waals surface area (Å²) >= 11 is 0. The molecule has 9 heteroatoms. The van der Waals surface area contributed by atoms with Crippen molar-refractivity contribution < 1.29 is 25.5 Å². The highest BCUT2D eigenvalue weighted by Crippen LogP contribution is 2.33. The van der Waals surface area contributed by atoms with Crippen LogP contribution in [0.2, 0.25) is 0 Å². The van der Waals surface area contributed by atoms with Crippen LogP contribution in [0, 0.1) is 11.3 Å². The molecule has 0 fully saturated rings. The van der Waals surface area contributed by atoms with E-state index in [4.69, 9.17) is 15.2 Å². The summed E-state index contributed by atoms with van der Waals surface area (Å²) in [6.07, 6.45) is -0.166. The number of pyridine rings is 1. The molecule has 1 heterocycles. The summed E-state index contributed by atoms with van der Waals surface area (Å²) in [6.45, 7) is 0.644. The minimum atomic E-state index is -1.38. The molecule has 7 N–H and O–H groups in total. The molecule has 0 saturated heterocycles. The number of nitrogens with one attached hydrogen (secondary N) is 2. The highest BCUT2D eigenvalue weighted by atomic mass is 16.4. The molecule has 3 unspecified atom stereocenters. The molecule has 9 nitrogen and oxygen atoms in total. The maximum atomic E-state index is 10.2. The average Bonchev–Trinajstić information content (AvgIpc) is 2.88. The average molecular weight is 483 g/mol. The highest BCUT2D eigenvalue weighted by Gasteiger charge is 2.24. The van der Waals surface area contributed by atoms with E-state index in [0.29, 0.717) is 11.3 Å². The number of aliphatic hydroxyl groups is 5. The molecule has 3 aromatic rings. The third-order valence-electron chi connectivity index (χ3n) is 6.02. The first-order valence-electron chi connectivity index (χ1n) is 12.0. The SMILES string of the molecule is N#Cc1ccc2nc3ccc(NCC(O)C(O)C(O)CCO)cc3c(NCCCCCCO)c2c1. The predicted molar refractivity (Wildman–Crippen MR) is 136 cm³/mol. The zero-order valence-corrected chi connectivity index (χ0v) is 19.7. The molecular formula is C26H34N4O5. The van der Waals surface area contributed by atoms with Crippen molar-refractivity contribution >= 4 is 33.2 Å². The molecule has 3 atom stereocenters. The second-order valence-corrected chi connectivity index (χ2v) is 8.65. The number of fused-ring (bicyclic) bond motifs is 2. The Morgan fingerprint density at radius 1 is 0.829 bits per heavy atom. The fraction of sp³-hybridized carbons (Fsp3) is 0.462. The second kappa shape index (κ2) is 13.2. The Labute approximate surface area is 204 Å². The van der Waals surface area contributed by atoms with Crippen LogP contribution in [0.15, 0.2) is 36.4 Å². The molecule has 0 amide bonds. The smallest absolute Gasteiger partial charge is 0.107 e. The summed E-state index contributed by atoms with van der Waals surface area (Å²) in [5.74, 6) is 0. The molecule has 0 aliphatic carbocycles. The molecule has 2 aromatic carbocycles. The highest BCUT2D eigenvalue weighted by molar-refractivity contribution is 6.08. The molecule has 0 aliphatic heterocycles. The fourth-order valence-electron chi connectivity index (χ4n) is 4.02. The first-order valence-corrected chi connectivity index (χ1v) is 12.0. The number of aromatic nitrogens is 1. The van der Waals surface area contributed by atoms with Crippen molar-refractivity contribution in [1.82, 2.24) is 4.98 Å². The molecule has 0 spiro atoms. The van der Waals surface area contributed by atoms with E-state index in [-0.39, 0.29) is 26.2 Å². The van der Waals surface area contributed by atoms with Gasteiger partial charge in [-0.1, -0.05) is 12.8 Å². The molecule has 35 heavy (non-hydrogen) atoms. The van der Waals surface area contributed by atoms with E-state index < -0.39 is 18.3 Å². The topological polar surface area (TPSA) is 162 Å². The zero-order chi connectivity index (χ0) is 25.2. The summed E-state index contributed by atoms with van der Waals surface area (Å²) in [6, 6.07) is 13.2. The molecule has 0 saturated carbocycles. The third kappa shape index (κ3) is 7.01. The Morgan fingerprint density at radius 3 is 2.26 bits per heavy atom. The monoisotopic (exact) mass is 482 g/mol. The van der Waals surface area contributed by atoms with Gasteiger partial charge in [0.25, 0.3) is 0 Å². The van der Waals surface area contributed by atoms with Crippen LogP contribution in [0.1, 0.15) is 37.7 Å². The Hall–Kier alpha value is -3.00. The van der Waals surface area contributed by atoms with Crippen LogP contribution in [0.5, 0.6) is 0 Å². The molecule has 1 aromatic heterocycles. The van der Waals surface area contributed by atoms with Gasteiger partial charge in [-0.15, -0.1) is 0 Å². The zero-order valence-electron chi connectivity index (χ0n) is 19.7. The summed E-state index contributed by atoms with van der Waals surface area (Å²) in [5.41, 5.74) is 3.65. The minimum absolute atomic E-state index is 0.00235. The lowest BCUT2D eigenvalue weighted by Crippen LogP contribution is -2.41. The maximum Gasteiger partial charge on any atom is 0.107 e. The van der Waals surface area contributed by atoms with Gasteiger partial charge in [0.05, 0.1) is 40.6 Å². The quantitative estimate of drug-likeness (QED) is 0.135. The Balaban J connectivity index is 1.86. The maximum absolute atomic E-state index is 10.2. The number of hydrogen-bond acceptors (Lipinski definition) is 9. The van der Waals surface area contributed by atoms with Gasteiger partial charge >= 0.3 is 0 Å². The molecule has 188 valence electrons. The minimum Gasteiger partial charge on any atom is -0.396 e. The van der Waals surface area contributed by atoms with E-state index in [1.807, 2.05) is 30.3 Å². The number of hydrogen-bond donors (Lipinski definition) is 7.